The largest absolute Gasteiger partial charge is 0.471 e. The van der Waals surface area contributed by atoms with Crippen molar-refractivity contribution < 1.29 is 4.74 Å². The second-order valence-electron chi connectivity index (χ2n) is 2.47. The van der Waals surface area contributed by atoms with Crippen LogP contribution in [0.25, 0.3) is 0 Å². The summed E-state index contributed by atoms with van der Waals surface area (Å²) in [6.07, 6.45) is 0. The zero-order valence-corrected chi connectivity index (χ0v) is 9.85. The summed E-state index contributed by atoms with van der Waals surface area (Å²) < 4.78 is 5.24. The summed E-state index contributed by atoms with van der Waals surface area (Å²) in [4.78, 5) is 0. The first-order chi connectivity index (χ1) is 6.86. The Morgan fingerprint density at radius 2 is 1.79 bits per heavy atom. The van der Waals surface area contributed by atoms with E-state index in [1.807, 2.05) is 39.8 Å². The fourth-order valence-corrected chi connectivity index (χ4v) is 1.10. The highest BCUT2D eigenvalue weighted by molar-refractivity contribution is 5.60. The van der Waals surface area contributed by atoms with E-state index in [1.165, 1.54) is 5.56 Å². The average molecular weight is 195 g/mol. The molecule has 2 heteroatoms. The number of benzene rings is 1. The van der Waals surface area contributed by atoms with Gasteiger partial charge in [0, 0.05) is 0 Å². The monoisotopic (exact) mass is 195 g/mol. The molecule has 0 bridgehead atoms. The minimum atomic E-state index is 0.610. The Morgan fingerprint density at radius 3 is 2.43 bits per heavy atom. The van der Waals surface area contributed by atoms with E-state index in [9.17, 15) is 0 Å². The molecule has 14 heavy (non-hydrogen) atoms. The third-order valence-electron chi connectivity index (χ3n) is 1.63. The van der Waals surface area contributed by atoms with E-state index in [-0.39, 0.29) is 0 Å². The fourth-order valence-electron chi connectivity index (χ4n) is 1.10. The molecular weight excluding hydrogens is 174 g/mol. The Morgan fingerprint density at radius 1 is 1.14 bits per heavy atom. The molecule has 0 unspecified atom stereocenters. The number of hydrogen-bond acceptors (Lipinski definition) is 2. The van der Waals surface area contributed by atoms with E-state index in [0.717, 1.165) is 11.4 Å². The number of fused-ring (bicyclic) bond motifs is 1. The molecule has 1 aromatic carbocycles. The first-order valence-electron chi connectivity index (χ1n) is 5.33. The Kier molecular flexibility index (Phi) is 6.63. The fraction of sp³-hybridized carbons (Fsp3) is 0.500. The minimum Gasteiger partial charge on any atom is -0.471 e. The molecule has 0 fully saturated rings. The smallest absolute Gasteiger partial charge is 0.159 e. The van der Waals surface area contributed by atoms with Crippen LogP contribution in [-0.4, -0.2) is 6.73 Å². The van der Waals surface area contributed by atoms with Crippen molar-refractivity contribution >= 4 is 5.69 Å². The Bertz CT molecular complexity index is 258. The molecule has 0 saturated carbocycles. The van der Waals surface area contributed by atoms with Crippen LogP contribution in [0.15, 0.2) is 18.2 Å². The molecule has 0 radical (unpaired) electrons. The topological polar surface area (TPSA) is 21.3 Å². The van der Waals surface area contributed by atoms with Crippen molar-refractivity contribution in [2.75, 3.05) is 12.0 Å². The Balaban J connectivity index is 0.000000379. The van der Waals surface area contributed by atoms with Gasteiger partial charge in [-0.2, -0.15) is 0 Å². The van der Waals surface area contributed by atoms with E-state index in [1.54, 1.807) is 0 Å². The maximum atomic E-state index is 5.24. The highest BCUT2D eigenvalue weighted by Crippen LogP contribution is 2.28. The van der Waals surface area contributed by atoms with Crippen LogP contribution in [0, 0.1) is 6.92 Å². The molecule has 1 aliphatic heterocycles. The number of rotatable bonds is 0. The van der Waals surface area contributed by atoms with Crippen LogP contribution in [0.2, 0.25) is 0 Å². The van der Waals surface area contributed by atoms with Crippen LogP contribution in [0.4, 0.5) is 5.69 Å². The predicted octanol–water partition coefficient (Wildman–Crippen LogP) is 3.81. The summed E-state index contributed by atoms with van der Waals surface area (Å²) in [6, 6.07) is 6.12. The lowest BCUT2D eigenvalue weighted by Crippen LogP contribution is -1.96. The van der Waals surface area contributed by atoms with Gasteiger partial charge in [0.1, 0.15) is 5.75 Å². The summed E-state index contributed by atoms with van der Waals surface area (Å²) in [5.74, 6) is 0.964. The molecule has 1 aliphatic rings. The maximum Gasteiger partial charge on any atom is 0.159 e. The molecule has 0 atom stereocenters. The van der Waals surface area contributed by atoms with Gasteiger partial charge < -0.3 is 10.1 Å². The highest BCUT2D eigenvalue weighted by Gasteiger charge is 2.08. The Labute approximate surface area is 87.3 Å². The van der Waals surface area contributed by atoms with E-state index in [0.29, 0.717) is 6.73 Å². The van der Waals surface area contributed by atoms with Gasteiger partial charge in [-0.25, -0.2) is 0 Å². The molecule has 80 valence electrons. The van der Waals surface area contributed by atoms with Crippen LogP contribution < -0.4 is 10.1 Å². The quantitative estimate of drug-likeness (QED) is 0.679. The van der Waals surface area contributed by atoms with Crippen LogP contribution >= 0.6 is 0 Å². The van der Waals surface area contributed by atoms with Crippen molar-refractivity contribution in [3.63, 3.8) is 0 Å². The zero-order chi connectivity index (χ0) is 11.0. The summed E-state index contributed by atoms with van der Waals surface area (Å²) in [5, 5.41) is 3.12. The number of ether oxygens (including phenoxy) is 1. The lowest BCUT2D eigenvalue weighted by molar-refractivity contribution is 0.372. The lowest BCUT2D eigenvalue weighted by atomic mass is 10.2. The summed E-state index contributed by atoms with van der Waals surface area (Å²) >= 11 is 0. The molecule has 0 amide bonds. The molecule has 2 nitrogen and oxygen atoms in total. The molecule has 1 N–H and O–H groups in total. The standard InChI is InChI=1S/C8H9NO.2C2H6/c1-6-2-3-8-7(4-6)9-5-10-8;2*1-2/h2-4,9H,5H2,1H3;2*1-2H3. The normalized spacial score (nSPS) is 10.6. The summed E-state index contributed by atoms with van der Waals surface area (Å²) in [7, 11) is 0. The zero-order valence-electron chi connectivity index (χ0n) is 9.85. The number of anilines is 1. The molecular formula is C12H21NO. The number of nitrogens with one attached hydrogen (secondary N) is 1. The van der Waals surface area contributed by atoms with Crippen molar-refractivity contribution in [3.8, 4) is 5.75 Å². The predicted molar refractivity (Wildman–Crippen MR) is 63.0 cm³/mol. The molecule has 0 saturated heterocycles. The van der Waals surface area contributed by atoms with Gasteiger partial charge in [-0.3, -0.25) is 0 Å². The molecule has 1 heterocycles. The SMILES string of the molecule is CC.CC.Cc1ccc2c(c1)NCO2. The highest BCUT2D eigenvalue weighted by atomic mass is 16.5. The van der Waals surface area contributed by atoms with Gasteiger partial charge in [-0.1, -0.05) is 33.8 Å². The number of hydrogen-bond donors (Lipinski definition) is 1. The van der Waals surface area contributed by atoms with E-state index in [2.05, 4.69) is 18.3 Å². The van der Waals surface area contributed by atoms with Gasteiger partial charge in [-0.15, -0.1) is 0 Å². The van der Waals surface area contributed by atoms with E-state index in [4.69, 9.17) is 4.74 Å². The summed E-state index contributed by atoms with van der Waals surface area (Å²) in [5.41, 5.74) is 2.37. The van der Waals surface area contributed by atoms with Gasteiger partial charge in [0.05, 0.1) is 5.69 Å². The lowest BCUT2D eigenvalue weighted by Gasteiger charge is -1.96. The van der Waals surface area contributed by atoms with Crippen molar-refractivity contribution in [2.45, 2.75) is 34.6 Å². The van der Waals surface area contributed by atoms with Crippen molar-refractivity contribution in [1.29, 1.82) is 0 Å². The average Bonchev–Trinajstić information content (AvgIpc) is 2.71. The number of aryl methyl sites for hydroxylation is 1. The summed E-state index contributed by atoms with van der Waals surface area (Å²) in [6.45, 7) is 10.7. The third kappa shape index (κ3) is 3.29. The third-order valence-corrected chi connectivity index (χ3v) is 1.63. The van der Waals surface area contributed by atoms with Crippen LogP contribution in [-0.2, 0) is 0 Å². The second kappa shape index (κ2) is 7.25. The second-order valence-corrected chi connectivity index (χ2v) is 2.47. The van der Waals surface area contributed by atoms with Gasteiger partial charge in [0.2, 0.25) is 0 Å². The molecule has 2 rings (SSSR count). The van der Waals surface area contributed by atoms with E-state index < -0.39 is 0 Å². The molecule has 0 spiro atoms. The van der Waals surface area contributed by atoms with Crippen LogP contribution in [0.1, 0.15) is 33.3 Å². The van der Waals surface area contributed by atoms with Gasteiger partial charge in [0.15, 0.2) is 6.73 Å². The van der Waals surface area contributed by atoms with Gasteiger partial charge in [0.25, 0.3) is 0 Å². The molecule has 0 aromatic heterocycles. The first-order valence-corrected chi connectivity index (χ1v) is 5.33. The van der Waals surface area contributed by atoms with Crippen LogP contribution in [0.5, 0.6) is 5.75 Å². The molecule has 1 aromatic rings. The van der Waals surface area contributed by atoms with Gasteiger partial charge >= 0.3 is 0 Å². The van der Waals surface area contributed by atoms with Crippen molar-refractivity contribution in [3.05, 3.63) is 23.8 Å². The van der Waals surface area contributed by atoms with Crippen LogP contribution in [0.3, 0.4) is 0 Å². The van der Waals surface area contributed by atoms with Crippen molar-refractivity contribution in [2.24, 2.45) is 0 Å². The Hall–Kier alpha value is -1.18. The van der Waals surface area contributed by atoms with Crippen molar-refractivity contribution in [1.82, 2.24) is 0 Å². The van der Waals surface area contributed by atoms with Gasteiger partial charge in [-0.05, 0) is 24.6 Å². The minimum absolute atomic E-state index is 0.610. The first kappa shape index (κ1) is 12.8. The molecule has 0 aliphatic carbocycles. The maximum absolute atomic E-state index is 5.24. The van der Waals surface area contributed by atoms with E-state index >= 15 is 0 Å².